The van der Waals surface area contributed by atoms with Crippen LogP contribution in [0.4, 0.5) is 14.9 Å². The standard InChI is InChI=1S/C42H48FN5O4/c1-41(2,3)31-14-12-28(13-15-31)39(49)45-23-30-11-10-29(22-35(30)43)34-18-20-44-38-37(34)36(26-48(38)24-27-8-16-33(51-7)17-9-27)46-32-19-21-47(25-32)40(50)52-42(4,5)6/h8-18,20,22,26,32,46H,19,21,23-25H2,1-7H3,(H,45,49)/t32-/m0/s1. The summed E-state index contributed by atoms with van der Waals surface area (Å²) in [6.45, 7) is 13.6. The number of ether oxygens (including phenoxy) is 2. The average Bonchev–Trinajstić information content (AvgIpc) is 3.72. The van der Waals surface area contributed by atoms with Crippen LogP contribution in [0.3, 0.4) is 0 Å². The fraction of sp³-hybridized carbons (Fsp3) is 0.357. The van der Waals surface area contributed by atoms with Gasteiger partial charge in [0.05, 0.1) is 12.8 Å². The van der Waals surface area contributed by atoms with Crippen LogP contribution in [0.2, 0.25) is 0 Å². The number of methoxy groups -OCH3 is 1. The Labute approximate surface area is 305 Å². The number of aromatic nitrogens is 2. The number of pyridine rings is 1. The zero-order chi connectivity index (χ0) is 37.2. The Kier molecular flexibility index (Phi) is 10.3. The van der Waals surface area contributed by atoms with Gasteiger partial charge in [0.2, 0.25) is 0 Å². The fourth-order valence-corrected chi connectivity index (χ4v) is 6.46. The summed E-state index contributed by atoms with van der Waals surface area (Å²) in [6.07, 6.45) is 4.19. The summed E-state index contributed by atoms with van der Waals surface area (Å²) >= 11 is 0. The molecule has 0 unspecified atom stereocenters. The highest BCUT2D eigenvalue weighted by molar-refractivity contribution is 6.03. The Morgan fingerprint density at radius 1 is 0.962 bits per heavy atom. The molecule has 10 heteroatoms. The van der Waals surface area contributed by atoms with Crippen molar-refractivity contribution in [3.8, 4) is 16.9 Å². The molecule has 1 saturated heterocycles. The van der Waals surface area contributed by atoms with Crippen molar-refractivity contribution in [2.75, 3.05) is 25.5 Å². The number of rotatable bonds is 9. The third kappa shape index (κ3) is 8.39. The third-order valence-corrected chi connectivity index (χ3v) is 9.29. The molecule has 0 saturated carbocycles. The monoisotopic (exact) mass is 705 g/mol. The zero-order valence-corrected chi connectivity index (χ0v) is 31.0. The van der Waals surface area contributed by atoms with E-state index in [2.05, 4.69) is 36.0 Å². The molecule has 0 bridgehead atoms. The first kappa shape index (κ1) is 36.4. The summed E-state index contributed by atoms with van der Waals surface area (Å²) in [5.41, 5.74) is 5.61. The van der Waals surface area contributed by atoms with E-state index >= 15 is 4.39 Å². The predicted octanol–water partition coefficient (Wildman–Crippen LogP) is 8.55. The molecule has 2 N–H and O–H groups in total. The number of nitrogens with zero attached hydrogens (tertiary/aromatic N) is 3. The topological polar surface area (TPSA) is 97.7 Å². The number of anilines is 1. The lowest BCUT2D eigenvalue weighted by molar-refractivity contribution is 0.0293. The number of hydrogen-bond donors (Lipinski definition) is 2. The summed E-state index contributed by atoms with van der Waals surface area (Å²) in [6, 6.07) is 22.4. The number of carbonyl (C=O) groups excluding carboxylic acids is 2. The molecule has 0 aliphatic carbocycles. The predicted molar refractivity (Wildman–Crippen MR) is 203 cm³/mol. The van der Waals surface area contributed by atoms with Crippen molar-refractivity contribution in [2.45, 2.75) is 78.1 Å². The van der Waals surface area contributed by atoms with E-state index in [4.69, 9.17) is 14.5 Å². The van der Waals surface area contributed by atoms with Gasteiger partial charge in [-0.15, -0.1) is 0 Å². The first-order valence-corrected chi connectivity index (χ1v) is 17.7. The molecule has 52 heavy (non-hydrogen) atoms. The first-order chi connectivity index (χ1) is 24.7. The van der Waals surface area contributed by atoms with Gasteiger partial charge < -0.3 is 29.6 Å². The van der Waals surface area contributed by atoms with Gasteiger partial charge in [-0.1, -0.05) is 57.2 Å². The van der Waals surface area contributed by atoms with E-state index in [9.17, 15) is 9.59 Å². The molecule has 6 rings (SSSR count). The lowest BCUT2D eigenvalue weighted by Crippen LogP contribution is -2.36. The maximum atomic E-state index is 15.7. The minimum atomic E-state index is -0.577. The van der Waals surface area contributed by atoms with Crippen molar-refractivity contribution >= 4 is 28.7 Å². The fourth-order valence-electron chi connectivity index (χ4n) is 6.46. The summed E-state index contributed by atoms with van der Waals surface area (Å²) in [5, 5.41) is 7.40. The van der Waals surface area contributed by atoms with E-state index in [1.54, 1.807) is 36.4 Å². The van der Waals surface area contributed by atoms with Gasteiger partial charge in [-0.25, -0.2) is 14.2 Å². The molecule has 1 aliphatic heterocycles. The molecule has 0 radical (unpaired) electrons. The van der Waals surface area contributed by atoms with Crippen LogP contribution in [0.5, 0.6) is 5.75 Å². The second-order valence-corrected chi connectivity index (χ2v) is 15.4. The molecular weight excluding hydrogens is 657 g/mol. The lowest BCUT2D eigenvalue weighted by atomic mass is 9.87. The van der Waals surface area contributed by atoms with Gasteiger partial charge >= 0.3 is 6.09 Å². The third-order valence-electron chi connectivity index (χ3n) is 9.29. The van der Waals surface area contributed by atoms with Gasteiger partial charge in [-0.05, 0) is 91.3 Å². The molecule has 9 nitrogen and oxygen atoms in total. The Morgan fingerprint density at radius 3 is 2.35 bits per heavy atom. The Morgan fingerprint density at radius 2 is 1.69 bits per heavy atom. The van der Waals surface area contributed by atoms with Crippen LogP contribution in [0.1, 0.15) is 75.0 Å². The number of halogens is 1. The molecule has 272 valence electrons. The number of nitrogens with one attached hydrogen (secondary N) is 2. The number of fused-ring (bicyclic) bond motifs is 1. The minimum Gasteiger partial charge on any atom is -0.497 e. The Hall–Kier alpha value is -5.38. The van der Waals surface area contributed by atoms with Gasteiger partial charge in [0.25, 0.3) is 5.91 Å². The van der Waals surface area contributed by atoms with E-state index in [-0.39, 0.29) is 30.0 Å². The maximum absolute atomic E-state index is 15.7. The Balaban J connectivity index is 1.26. The van der Waals surface area contributed by atoms with Crippen molar-refractivity contribution in [3.63, 3.8) is 0 Å². The summed E-state index contributed by atoms with van der Waals surface area (Å²) in [4.78, 5) is 32.2. The van der Waals surface area contributed by atoms with Crippen molar-refractivity contribution in [3.05, 3.63) is 113 Å². The summed E-state index contributed by atoms with van der Waals surface area (Å²) < 4.78 is 28.8. The van der Waals surface area contributed by atoms with Crippen LogP contribution < -0.4 is 15.4 Å². The van der Waals surface area contributed by atoms with Crippen LogP contribution in [0.25, 0.3) is 22.2 Å². The molecular formula is C42H48FN5O4. The largest absolute Gasteiger partial charge is 0.497 e. The van der Waals surface area contributed by atoms with Gasteiger partial charge in [-0.2, -0.15) is 0 Å². The molecule has 0 spiro atoms. The lowest BCUT2D eigenvalue weighted by Gasteiger charge is -2.24. The molecule has 2 amide bonds. The number of hydrogen-bond acceptors (Lipinski definition) is 6. The van der Waals surface area contributed by atoms with E-state index in [1.807, 2.05) is 75.5 Å². The second-order valence-electron chi connectivity index (χ2n) is 15.4. The molecule has 3 heterocycles. The van der Waals surface area contributed by atoms with E-state index in [0.717, 1.165) is 45.6 Å². The highest BCUT2D eigenvalue weighted by atomic mass is 19.1. The number of benzene rings is 3. The van der Waals surface area contributed by atoms with Crippen LogP contribution in [0.15, 0.2) is 85.2 Å². The van der Waals surface area contributed by atoms with Gasteiger partial charge in [0.1, 0.15) is 22.8 Å². The number of likely N-dealkylation sites (tertiary alicyclic amines) is 1. The van der Waals surface area contributed by atoms with E-state index in [1.165, 1.54) is 6.07 Å². The number of carbonyl (C=O) groups is 2. The Bertz CT molecular complexity index is 2060. The van der Waals surface area contributed by atoms with Crippen molar-refractivity contribution < 1.29 is 23.5 Å². The molecule has 2 aromatic heterocycles. The summed E-state index contributed by atoms with van der Waals surface area (Å²) in [5.74, 6) is 0.104. The minimum absolute atomic E-state index is 0.0181. The van der Waals surface area contributed by atoms with Crippen LogP contribution >= 0.6 is 0 Å². The highest BCUT2D eigenvalue weighted by Gasteiger charge is 2.31. The maximum Gasteiger partial charge on any atom is 0.410 e. The molecule has 1 aliphatic rings. The normalized spacial score (nSPS) is 14.8. The first-order valence-electron chi connectivity index (χ1n) is 17.7. The zero-order valence-electron chi connectivity index (χ0n) is 31.0. The molecule has 3 aromatic carbocycles. The van der Waals surface area contributed by atoms with Gasteiger partial charge in [0, 0.05) is 61.1 Å². The van der Waals surface area contributed by atoms with Gasteiger partial charge in [0.15, 0.2) is 0 Å². The molecule has 1 atom stereocenters. The van der Waals surface area contributed by atoms with Crippen LogP contribution in [0, 0.1) is 5.82 Å². The van der Waals surface area contributed by atoms with Crippen molar-refractivity contribution in [1.29, 1.82) is 0 Å². The SMILES string of the molecule is COc1ccc(Cn2cc(N[C@H]3CCN(C(=O)OC(C)(C)C)C3)c3c(-c4ccc(CNC(=O)c5ccc(C(C)(C)C)cc5)c(F)c4)ccnc32)cc1. The summed E-state index contributed by atoms with van der Waals surface area (Å²) in [7, 11) is 1.64. The van der Waals surface area contributed by atoms with E-state index in [0.29, 0.717) is 36.3 Å². The second kappa shape index (κ2) is 14.7. The molecule has 1 fully saturated rings. The average molecular weight is 706 g/mol. The van der Waals surface area contributed by atoms with E-state index < -0.39 is 11.4 Å². The smallest absolute Gasteiger partial charge is 0.410 e. The van der Waals surface area contributed by atoms with Crippen LogP contribution in [-0.4, -0.2) is 58.3 Å². The van der Waals surface area contributed by atoms with Crippen molar-refractivity contribution in [1.82, 2.24) is 19.8 Å². The molecule has 5 aromatic rings. The van der Waals surface area contributed by atoms with Gasteiger partial charge in [-0.3, -0.25) is 4.79 Å². The quantitative estimate of drug-likeness (QED) is 0.160. The van der Waals surface area contributed by atoms with Crippen molar-refractivity contribution in [2.24, 2.45) is 0 Å². The van der Waals surface area contributed by atoms with Crippen LogP contribution in [-0.2, 0) is 23.2 Å². The number of amides is 2. The highest BCUT2D eigenvalue weighted by Crippen LogP contribution is 2.37.